The molecule has 0 atom stereocenters. The fourth-order valence-electron chi connectivity index (χ4n) is 2.67. The number of nitrogens with one attached hydrogen (secondary N) is 3. The summed E-state index contributed by atoms with van der Waals surface area (Å²) in [6.45, 7) is 1.79. The van der Waals surface area contributed by atoms with Crippen LogP contribution < -0.4 is 16.5 Å². The summed E-state index contributed by atoms with van der Waals surface area (Å²) in [4.78, 5) is 16.6. The van der Waals surface area contributed by atoms with Gasteiger partial charge < -0.3 is 15.8 Å². The second kappa shape index (κ2) is 8.13. The van der Waals surface area contributed by atoms with E-state index in [0.717, 1.165) is 15.7 Å². The van der Waals surface area contributed by atoms with Crippen LogP contribution in [0.1, 0.15) is 12.5 Å². The lowest BCUT2D eigenvalue weighted by atomic mass is 10.1. The molecular formula is C19H19BrN6O2. The first-order valence-electron chi connectivity index (χ1n) is 8.31. The van der Waals surface area contributed by atoms with E-state index in [2.05, 4.69) is 31.7 Å². The maximum absolute atomic E-state index is 12.7. The van der Waals surface area contributed by atoms with E-state index in [0.29, 0.717) is 17.2 Å². The van der Waals surface area contributed by atoms with Gasteiger partial charge in [0.1, 0.15) is 11.7 Å². The average molecular weight is 443 g/mol. The molecule has 1 aromatic rings. The van der Waals surface area contributed by atoms with Gasteiger partial charge in [-0.05, 0) is 31.2 Å². The van der Waals surface area contributed by atoms with Crippen LogP contribution in [-0.2, 0) is 9.53 Å². The number of aliphatic imine (C=N–C) groups is 1. The number of carbonyl (C=O) groups excluding carboxylic acids is 1. The van der Waals surface area contributed by atoms with Crippen LogP contribution in [0.5, 0.6) is 0 Å². The molecule has 0 aliphatic carbocycles. The average Bonchev–Trinajstić information content (AvgIpc) is 3.01. The largest absolute Gasteiger partial charge is 0.481 e. The zero-order valence-electron chi connectivity index (χ0n) is 15.3. The van der Waals surface area contributed by atoms with Gasteiger partial charge in [0.05, 0.1) is 12.8 Å². The summed E-state index contributed by atoms with van der Waals surface area (Å²) in [5.74, 6) is 0.0836. The highest BCUT2D eigenvalue weighted by Gasteiger charge is 2.32. The number of ether oxygens (including phenoxy) is 1. The van der Waals surface area contributed by atoms with Crippen molar-refractivity contribution < 1.29 is 9.53 Å². The summed E-state index contributed by atoms with van der Waals surface area (Å²) < 4.78 is 5.63. The molecule has 0 bridgehead atoms. The van der Waals surface area contributed by atoms with E-state index in [1.54, 1.807) is 11.9 Å². The summed E-state index contributed by atoms with van der Waals surface area (Å²) in [6, 6.07) is 7.78. The minimum Gasteiger partial charge on any atom is -0.481 e. The van der Waals surface area contributed by atoms with E-state index in [9.17, 15) is 4.79 Å². The maximum atomic E-state index is 12.7. The fraction of sp³-hybridized carbons (Fsp3) is 0.105. The second-order valence-electron chi connectivity index (χ2n) is 5.90. The van der Waals surface area contributed by atoms with Gasteiger partial charge in [0, 0.05) is 21.8 Å². The Labute approximate surface area is 170 Å². The molecule has 0 radical (unpaired) electrons. The third-order valence-electron chi connectivity index (χ3n) is 4.00. The number of amides is 1. The molecule has 5 N–H and O–H groups in total. The van der Waals surface area contributed by atoms with Crippen LogP contribution in [0.3, 0.4) is 0 Å². The molecule has 0 spiro atoms. The molecule has 1 amide bonds. The molecule has 8 nitrogen and oxygen atoms in total. The van der Waals surface area contributed by atoms with Crippen molar-refractivity contribution in [3.05, 3.63) is 75.8 Å². The van der Waals surface area contributed by atoms with E-state index in [1.807, 2.05) is 36.4 Å². The number of allylic oxidation sites excluding steroid dienone is 3. The monoisotopic (exact) mass is 442 g/mol. The van der Waals surface area contributed by atoms with Gasteiger partial charge in [0.2, 0.25) is 5.90 Å². The number of fused-ring (bicyclic) bond motifs is 1. The summed E-state index contributed by atoms with van der Waals surface area (Å²) in [5, 5.41) is 12.2. The predicted octanol–water partition coefficient (Wildman–Crippen LogP) is 2.35. The smallest absolute Gasteiger partial charge is 0.299 e. The van der Waals surface area contributed by atoms with E-state index < -0.39 is 5.91 Å². The van der Waals surface area contributed by atoms with Crippen LogP contribution in [0.15, 0.2) is 75.2 Å². The highest BCUT2D eigenvalue weighted by atomic mass is 79.9. The summed E-state index contributed by atoms with van der Waals surface area (Å²) in [6.07, 6.45) is 6.46. The van der Waals surface area contributed by atoms with Gasteiger partial charge in [0.25, 0.3) is 5.91 Å². The van der Waals surface area contributed by atoms with Crippen molar-refractivity contribution in [2.75, 3.05) is 7.11 Å². The Morgan fingerprint density at radius 2 is 2.07 bits per heavy atom. The van der Waals surface area contributed by atoms with E-state index in [4.69, 9.17) is 15.9 Å². The molecule has 0 saturated carbocycles. The maximum Gasteiger partial charge on any atom is 0.299 e. The van der Waals surface area contributed by atoms with Crippen molar-refractivity contribution in [2.45, 2.75) is 6.92 Å². The Kier molecular flexibility index (Phi) is 5.65. The molecule has 2 aliphatic rings. The Morgan fingerprint density at radius 3 is 2.79 bits per heavy atom. The van der Waals surface area contributed by atoms with Crippen molar-refractivity contribution in [2.24, 2.45) is 10.7 Å². The predicted molar refractivity (Wildman–Crippen MR) is 112 cm³/mol. The normalized spacial score (nSPS) is 16.2. The lowest BCUT2D eigenvalue weighted by molar-refractivity contribution is -0.115. The number of rotatable bonds is 4. The number of nitrogens with zero attached hydrogens (tertiary/aromatic N) is 2. The van der Waals surface area contributed by atoms with Gasteiger partial charge >= 0.3 is 0 Å². The molecule has 0 saturated heterocycles. The SMILES string of the molecule is COC(=N)/C=C\C(N)=NC(=O)C1=C(C)NC2=CC=C(c3ccccc3Br)NN21. The molecule has 0 aromatic heterocycles. The Hall–Kier alpha value is -3.33. The van der Waals surface area contributed by atoms with Crippen LogP contribution in [0.4, 0.5) is 0 Å². The molecule has 0 fully saturated rings. The first-order valence-corrected chi connectivity index (χ1v) is 9.10. The number of hydrogen-bond donors (Lipinski definition) is 4. The zero-order chi connectivity index (χ0) is 20.3. The van der Waals surface area contributed by atoms with Gasteiger partial charge in [-0.1, -0.05) is 34.1 Å². The summed E-state index contributed by atoms with van der Waals surface area (Å²) in [5.41, 5.74) is 11.8. The first kappa shape index (κ1) is 19.4. The van der Waals surface area contributed by atoms with Crippen molar-refractivity contribution in [1.82, 2.24) is 15.8 Å². The van der Waals surface area contributed by atoms with Crippen LogP contribution in [0.25, 0.3) is 5.70 Å². The number of amidine groups is 1. The van der Waals surface area contributed by atoms with Crippen LogP contribution in [0, 0.1) is 5.41 Å². The quantitative estimate of drug-likeness (QED) is 0.420. The topological polar surface area (TPSA) is 116 Å². The molecule has 28 heavy (non-hydrogen) atoms. The molecule has 0 unspecified atom stereocenters. The standard InChI is InChI=1S/C19H19BrN6O2/c1-11-18(19(27)24-15(21)8-9-16(22)28-2)26-17(23-11)10-7-14(25-26)12-5-3-4-6-13(12)20/h3-10,22-23,25H,1-2H3,(H2,21,24,27)/b9-8-,22-16?. The number of benzene rings is 1. The molecule has 3 rings (SSSR count). The van der Waals surface area contributed by atoms with Crippen molar-refractivity contribution >= 4 is 39.3 Å². The Balaban J connectivity index is 1.83. The lowest BCUT2D eigenvalue weighted by Gasteiger charge is -2.28. The fourth-order valence-corrected chi connectivity index (χ4v) is 3.17. The van der Waals surface area contributed by atoms with Crippen LogP contribution in [-0.4, -0.2) is 29.8 Å². The molecule has 2 heterocycles. The van der Waals surface area contributed by atoms with Gasteiger partial charge in [-0.3, -0.25) is 15.6 Å². The van der Waals surface area contributed by atoms with Crippen molar-refractivity contribution in [3.8, 4) is 0 Å². The molecule has 2 aliphatic heterocycles. The number of halogens is 1. The van der Waals surface area contributed by atoms with Gasteiger partial charge in [0.15, 0.2) is 5.70 Å². The zero-order valence-corrected chi connectivity index (χ0v) is 16.9. The van der Waals surface area contributed by atoms with Gasteiger partial charge in [-0.25, -0.2) is 5.01 Å². The number of methoxy groups -OCH3 is 1. The van der Waals surface area contributed by atoms with Gasteiger partial charge in [-0.2, -0.15) is 4.99 Å². The summed E-state index contributed by atoms with van der Waals surface area (Å²) in [7, 11) is 1.37. The summed E-state index contributed by atoms with van der Waals surface area (Å²) >= 11 is 3.54. The Bertz CT molecular complexity index is 990. The van der Waals surface area contributed by atoms with E-state index >= 15 is 0 Å². The minimum atomic E-state index is -0.514. The van der Waals surface area contributed by atoms with E-state index in [-0.39, 0.29) is 11.7 Å². The third-order valence-corrected chi connectivity index (χ3v) is 4.69. The molecular weight excluding hydrogens is 424 g/mol. The van der Waals surface area contributed by atoms with Crippen molar-refractivity contribution in [1.29, 1.82) is 5.41 Å². The van der Waals surface area contributed by atoms with Gasteiger partial charge in [-0.15, -0.1) is 0 Å². The molecule has 1 aromatic carbocycles. The Morgan fingerprint density at radius 1 is 1.32 bits per heavy atom. The third kappa shape index (κ3) is 3.99. The van der Waals surface area contributed by atoms with Crippen molar-refractivity contribution in [3.63, 3.8) is 0 Å². The van der Waals surface area contributed by atoms with Crippen LogP contribution >= 0.6 is 15.9 Å². The number of hydrogen-bond acceptors (Lipinski definition) is 6. The number of carbonyl (C=O) groups is 1. The van der Waals surface area contributed by atoms with E-state index in [1.165, 1.54) is 19.3 Å². The minimum absolute atomic E-state index is 0.0249. The molecule has 9 heteroatoms. The van der Waals surface area contributed by atoms with Crippen LogP contribution in [0.2, 0.25) is 0 Å². The number of hydrazine groups is 1. The lowest BCUT2D eigenvalue weighted by Crippen LogP contribution is -2.38. The highest BCUT2D eigenvalue weighted by Crippen LogP contribution is 2.30. The second-order valence-corrected chi connectivity index (χ2v) is 6.76. The molecule has 144 valence electrons. The number of nitrogens with two attached hydrogens (primary N) is 1. The first-order chi connectivity index (χ1) is 13.4. The highest BCUT2D eigenvalue weighted by molar-refractivity contribution is 9.10.